The predicted molar refractivity (Wildman–Crippen MR) is 125 cm³/mol. The number of nitrogens with zero attached hydrogens (tertiary/aromatic N) is 1. The number of aryl methyl sites for hydroxylation is 1. The summed E-state index contributed by atoms with van der Waals surface area (Å²) in [7, 11) is 1.56. The highest BCUT2D eigenvalue weighted by Gasteiger charge is 2.28. The quantitative estimate of drug-likeness (QED) is 0.233. The highest BCUT2D eigenvalue weighted by molar-refractivity contribution is 6.15. The van der Waals surface area contributed by atoms with Crippen LogP contribution >= 0.6 is 0 Å². The van der Waals surface area contributed by atoms with Crippen LogP contribution in [-0.4, -0.2) is 23.4 Å². The molecular formula is C27H21NO5. The molecule has 2 heterocycles. The van der Waals surface area contributed by atoms with Crippen molar-refractivity contribution in [1.82, 2.24) is 4.57 Å². The van der Waals surface area contributed by atoms with Gasteiger partial charge in [0.2, 0.25) is 5.78 Å². The van der Waals surface area contributed by atoms with Gasteiger partial charge in [-0.15, -0.1) is 0 Å². The summed E-state index contributed by atoms with van der Waals surface area (Å²) < 4.78 is 18.6. The van der Waals surface area contributed by atoms with Gasteiger partial charge in [0, 0.05) is 35.3 Å². The lowest BCUT2D eigenvalue weighted by Gasteiger charge is -2.06. The first-order valence-corrected chi connectivity index (χ1v) is 10.6. The fraction of sp³-hybridized carbons (Fsp3) is 0.111. The van der Waals surface area contributed by atoms with Gasteiger partial charge in [-0.3, -0.25) is 4.79 Å². The van der Waals surface area contributed by atoms with Crippen LogP contribution in [0, 0.1) is 0 Å². The van der Waals surface area contributed by atoms with Gasteiger partial charge in [0.1, 0.15) is 17.2 Å². The molecule has 0 fully saturated rings. The summed E-state index contributed by atoms with van der Waals surface area (Å²) in [6.07, 6.45) is 3.78. The second-order valence-electron chi connectivity index (χ2n) is 7.60. The summed E-state index contributed by atoms with van der Waals surface area (Å²) >= 11 is 0. The number of methoxy groups -OCH3 is 1. The molecule has 33 heavy (non-hydrogen) atoms. The van der Waals surface area contributed by atoms with E-state index in [1.807, 2.05) is 24.4 Å². The topological polar surface area (TPSA) is 66.8 Å². The normalized spacial score (nSPS) is 13.8. The van der Waals surface area contributed by atoms with E-state index in [0.29, 0.717) is 28.4 Å². The standard InChI is InChI=1S/C27H21NO5/c1-3-28-16-18(21-6-4-5-7-23(21)28)14-25-26(29)22-13-12-20(15-24(22)33-25)32-27(30)17-8-10-19(31-2)11-9-17/h4-16H,3H2,1-2H3/b25-14+. The Labute approximate surface area is 190 Å². The number of Topliss-reactive ketones (excluding diaryl/α,β-unsaturated/α-hetero) is 1. The highest BCUT2D eigenvalue weighted by Crippen LogP contribution is 2.36. The molecule has 5 rings (SSSR count). The molecule has 0 saturated heterocycles. The largest absolute Gasteiger partial charge is 0.497 e. The van der Waals surface area contributed by atoms with Crippen LogP contribution in [0.15, 0.2) is 78.7 Å². The second-order valence-corrected chi connectivity index (χ2v) is 7.60. The predicted octanol–water partition coefficient (Wildman–Crippen LogP) is 5.51. The highest BCUT2D eigenvalue weighted by atomic mass is 16.5. The van der Waals surface area contributed by atoms with Crippen molar-refractivity contribution in [2.45, 2.75) is 13.5 Å². The molecule has 4 aromatic rings. The molecule has 1 aliphatic heterocycles. The Hall–Kier alpha value is -4.32. The zero-order chi connectivity index (χ0) is 22.9. The summed E-state index contributed by atoms with van der Waals surface area (Å²) in [4.78, 5) is 25.4. The maximum Gasteiger partial charge on any atom is 0.343 e. The minimum atomic E-state index is -0.509. The monoisotopic (exact) mass is 439 g/mol. The van der Waals surface area contributed by atoms with E-state index < -0.39 is 5.97 Å². The van der Waals surface area contributed by atoms with Crippen molar-refractivity contribution in [1.29, 1.82) is 0 Å². The number of rotatable bonds is 5. The lowest BCUT2D eigenvalue weighted by Crippen LogP contribution is -2.08. The molecule has 0 unspecified atom stereocenters. The van der Waals surface area contributed by atoms with E-state index >= 15 is 0 Å². The number of aromatic nitrogens is 1. The Kier molecular flexibility index (Phi) is 5.18. The number of ketones is 1. The van der Waals surface area contributed by atoms with Crippen molar-refractivity contribution >= 4 is 28.7 Å². The number of hydrogen-bond donors (Lipinski definition) is 0. The average molecular weight is 439 g/mol. The molecule has 0 saturated carbocycles. The molecule has 0 bridgehead atoms. The Morgan fingerprint density at radius 2 is 1.79 bits per heavy atom. The first kappa shape index (κ1) is 20.6. The van der Waals surface area contributed by atoms with E-state index in [-0.39, 0.29) is 11.5 Å². The third-order valence-electron chi connectivity index (χ3n) is 5.62. The lowest BCUT2D eigenvalue weighted by atomic mass is 10.1. The van der Waals surface area contributed by atoms with Crippen LogP contribution in [0.5, 0.6) is 17.2 Å². The summed E-state index contributed by atoms with van der Waals surface area (Å²) in [5.74, 6) is 0.841. The molecule has 6 heteroatoms. The van der Waals surface area contributed by atoms with E-state index in [0.717, 1.165) is 23.0 Å². The summed E-state index contributed by atoms with van der Waals surface area (Å²) in [5.41, 5.74) is 2.84. The van der Waals surface area contributed by atoms with Gasteiger partial charge in [-0.1, -0.05) is 18.2 Å². The smallest absolute Gasteiger partial charge is 0.343 e. The van der Waals surface area contributed by atoms with E-state index in [9.17, 15) is 9.59 Å². The Balaban J connectivity index is 1.40. The molecule has 6 nitrogen and oxygen atoms in total. The molecule has 164 valence electrons. The van der Waals surface area contributed by atoms with Crippen molar-refractivity contribution in [3.05, 3.63) is 95.4 Å². The molecule has 1 aromatic heterocycles. The first-order chi connectivity index (χ1) is 16.1. The van der Waals surface area contributed by atoms with Crippen LogP contribution in [0.25, 0.3) is 17.0 Å². The SMILES string of the molecule is CCn1cc(/C=C2/Oc3cc(OC(=O)c4ccc(OC)cc4)ccc3C2=O)c2ccccc21. The van der Waals surface area contributed by atoms with Gasteiger partial charge in [0.15, 0.2) is 5.76 Å². The molecule has 1 aliphatic rings. The number of ether oxygens (including phenoxy) is 3. The van der Waals surface area contributed by atoms with Crippen LogP contribution in [-0.2, 0) is 6.54 Å². The minimum Gasteiger partial charge on any atom is -0.497 e. The van der Waals surface area contributed by atoms with E-state index in [1.54, 1.807) is 55.7 Å². The molecule has 0 radical (unpaired) electrons. The zero-order valence-corrected chi connectivity index (χ0v) is 18.2. The molecule has 3 aromatic carbocycles. The van der Waals surface area contributed by atoms with Gasteiger partial charge in [0.25, 0.3) is 0 Å². The first-order valence-electron chi connectivity index (χ1n) is 10.6. The van der Waals surface area contributed by atoms with Crippen molar-refractivity contribution < 1.29 is 23.8 Å². The van der Waals surface area contributed by atoms with E-state index in [2.05, 4.69) is 17.6 Å². The van der Waals surface area contributed by atoms with Crippen LogP contribution < -0.4 is 14.2 Å². The Morgan fingerprint density at radius 1 is 1.03 bits per heavy atom. The third-order valence-corrected chi connectivity index (χ3v) is 5.62. The van der Waals surface area contributed by atoms with Crippen molar-refractivity contribution in [3.8, 4) is 17.2 Å². The zero-order valence-electron chi connectivity index (χ0n) is 18.2. The number of para-hydroxylation sites is 1. The van der Waals surface area contributed by atoms with E-state index in [1.165, 1.54) is 0 Å². The van der Waals surface area contributed by atoms with Crippen LogP contribution in [0.4, 0.5) is 0 Å². The number of carbonyl (C=O) groups is 2. The second kappa shape index (κ2) is 8.31. The average Bonchev–Trinajstić information content (AvgIpc) is 3.36. The van der Waals surface area contributed by atoms with E-state index in [4.69, 9.17) is 14.2 Å². The number of benzene rings is 3. The summed E-state index contributed by atoms with van der Waals surface area (Å²) in [6.45, 7) is 2.90. The van der Waals surface area contributed by atoms with Crippen LogP contribution in [0.1, 0.15) is 33.2 Å². The van der Waals surface area contributed by atoms with Gasteiger partial charge in [-0.05, 0) is 55.5 Å². The number of fused-ring (bicyclic) bond motifs is 2. The van der Waals surface area contributed by atoms with Gasteiger partial charge >= 0.3 is 5.97 Å². The maximum absolute atomic E-state index is 12.9. The summed E-state index contributed by atoms with van der Waals surface area (Å²) in [5, 5.41) is 1.05. The fourth-order valence-corrected chi connectivity index (χ4v) is 3.92. The molecule has 0 amide bonds. The lowest BCUT2D eigenvalue weighted by molar-refractivity contribution is 0.0734. The van der Waals surface area contributed by atoms with Crippen molar-refractivity contribution in [2.24, 2.45) is 0 Å². The van der Waals surface area contributed by atoms with Gasteiger partial charge in [-0.2, -0.15) is 0 Å². The van der Waals surface area contributed by atoms with Crippen LogP contribution in [0.3, 0.4) is 0 Å². The number of hydrogen-bond acceptors (Lipinski definition) is 5. The number of allylic oxidation sites excluding steroid dienone is 1. The number of esters is 1. The number of carbonyl (C=O) groups excluding carboxylic acids is 2. The molecule has 0 atom stereocenters. The summed E-state index contributed by atoms with van der Waals surface area (Å²) in [6, 6.07) is 19.4. The third kappa shape index (κ3) is 3.76. The van der Waals surface area contributed by atoms with Gasteiger partial charge < -0.3 is 18.8 Å². The molecular weight excluding hydrogens is 418 g/mol. The minimum absolute atomic E-state index is 0.202. The molecule has 0 spiro atoms. The Morgan fingerprint density at radius 3 is 2.55 bits per heavy atom. The Bertz CT molecular complexity index is 1410. The van der Waals surface area contributed by atoms with Crippen molar-refractivity contribution in [3.63, 3.8) is 0 Å². The molecule has 0 N–H and O–H groups in total. The van der Waals surface area contributed by atoms with Crippen molar-refractivity contribution in [2.75, 3.05) is 7.11 Å². The van der Waals surface area contributed by atoms with Crippen LogP contribution in [0.2, 0.25) is 0 Å². The molecule has 0 aliphatic carbocycles. The van der Waals surface area contributed by atoms with Gasteiger partial charge in [-0.25, -0.2) is 4.79 Å². The fourth-order valence-electron chi connectivity index (χ4n) is 3.92. The maximum atomic E-state index is 12.9. The van der Waals surface area contributed by atoms with Gasteiger partial charge in [0.05, 0.1) is 18.2 Å².